The Hall–Kier alpha value is -3.97. The lowest BCUT2D eigenvalue weighted by Gasteiger charge is -2.51. The summed E-state index contributed by atoms with van der Waals surface area (Å²) in [6.07, 6.45) is 7.69. The minimum atomic E-state index is -0.566. The lowest BCUT2D eigenvalue weighted by Crippen LogP contribution is -2.61. The highest BCUT2D eigenvalue weighted by Gasteiger charge is 2.48. The summed E-state index contributed by atoms with van der Waals surface area (Å²) in [6, 6.07) is 8.91. The highest BCUT2D eigenvalue weighted by Crippen LogP contribution is 2.48. The van der Waals surface area contributed by atoms with Gasteiger partial charge in [-0.3, -0.25) is 14.6 Å². The number of carbonyl (C=O) groups excluding carboxylic acids is 2. The van der Waals surface area contributed by atoms with Gasteiger partial charge in [-0.15, -0.1) is 0 Å². The maximum atomic E-state index is 13.1. The molecule has 4 fully saturated rings. The molecule has 0 unspecified atom stereocenters. The van der Waals surface area contributed by atoms with E-state index in [2.05, 4.69) is 32.1 Å². The van der Waals surface area contributed by atoms with E-state index in [0.717, 1.165) is 49.7 Å². The van der Waals surface area contributed by atoms with Crippen LogP contribution in [0.2, 0.25) is 0 Å². The zero-order chi connectivity index (χ0) is 24.2. The fourth-order valence-corrected chi connectivity index (χ4v) is 5.41. The maximum Gasteiger partial charge on any atom is 0.255 e. The van der Waals surface area contributed by atoms with Gasteiger partial charge in [0.1, 0.15) is 12.1 Å². The number of rotatable bonds is 5. The van der Waals surface area contributed by atoms with Crippen LogP contribution in [0.3, 0.4) is 0 Å². The van der Waals surface area contributed by atoms with Gasteiger partial charge in [-0.2, -0.15) is 10.4 Å². The number of anilines is 1. The molecule has 1 atom stereocenters. The summed E-state index contributed by atoms with van der Waals surface area (Å²) in [5.74, 6) is -0.555. The van der Waals surface area contributed by atoms with E-state index in [9.17, 15) is 14.7 Å². The second kappa shape index (κ2) is 7.78. The number of carbonyl (C=O) groups is 2. The van der Waals surface area contributed by atoms with Crippen LogP contribution in [0.15, 0.2) is 36.7 Å². The summed E-state index contributed by atoms with van der Waals surface area (Å²) in [5, 5.41) is 33.3. The predicted molar refractivity (Wildman–Crippen MR) is 126 cm³/mol. The molecule has 4 N–H and O–H groups in total. The van der Waals surface area contributed by atoms with E-state index in [1.807, 2.05) is 18.2 Å². The van der Waals surface area contributed by atoms with Crippen LogP contribution in [0.25, 0.3) is 16.9 Å². The zero-order valence-corrected chi connectivity index (χ0v) is 19.0. The molecule has 0 spiro atoms. The second-order valence-corrected chi connectivity index (χ2v) is 9.93. The predicted octanol–water partition coefficient (Wildman–Crippen LogP) is 1.75. The lowest BCUT2D eigenvalue weighted by atomic mass is 9.63. The van der Waals surface area contributed by atoms with Crippen LogP contribution in [0.4, 0.5) is 5.69 Å². The van der Waals surface area contributed by atoms with Gasteiger partial charge in [-0.25, -0.2) is 4.52 Å². The zero-order valence-electron chi connectivity index (χ0n) is 19.0. The molecule has 2 bridgehead atoms. The van der Waals surface area contributed by atoms with Gasteiger partial charge in [0.05, 0.1) is 45.5 Å². The topological polar surface area (TPSA) is 144 Å². The molecule has 1 saturated heterocycles. The van der Waals surface area contributed by atoms with Gasteiger partial charge >= 0.3 is 0 Å². The summed E-state index contributed by atoms with van der Waals surface area (Å²) in [5.41, 5.74) is 2.84. The van der Waals surface area contributed by atoms with Gasteiger partial charge in [0.25, 0.3) is 5.91 Å². The summed E-state index contributed by atoms with van der Waals surface area (Å²) >= 11 is 0. The lowest BCUT2D eigenvalue weighted by molar-refractivity contribution is -0.128. The van der Waals surface area contributed by atoms with Gasteiger partial charge in [0.2, 0.25) is 5.91 Å². The number of aromatic nitrogens is 3. The number of nitriles is 1. The Bertz CT molecular complexity index is 1380. The number of nitrogens with one attached hydrogen (secondary N) is 3. The number of fused-ring (bicyclic) bond motifs is 4. The Kier molecular flexibility index (Phi) is 4.79. The van der Waals surface area contributed by atoms with E-state index in [4.69, 9.17) is 5.26 Å². The molecule has 2 amide bonds. The van der Waals surface area contributed by atoms with Crippen molar-refractivity contribution in [3.8, 4) is 17.5 Å². The molecule has 1 aliphatic heterocycles. The highest BCUT2D eigenvalue weighted by molar-refractivity contribution is 6.03. The number of aliphatic hydroxyl groups is 1. The number of amides is 2. The van der Waals surface area contributed by atoms with E-state index in [1.165, 1.54) is 12.4 Å². The minimum Gasteiger partial charge on any atom is -0.390 e. The molecular formula is C25H25N7O3. The van der Waals surface area contributed by atoms with Crippen molar-refractivity contribution in [2.45, 2.75) is 55.7 Å². The number of hydrogen-bond acceptors (Lipinski definition) is 7. The first kappa shape index (κ1) is 21.6. The van der Waals surface area contributed by atoms with Crippen molar-refractivity contribution in [2.24, 2.45) is 0 Å². The Balaban J connectivity index is 1.38. The van der Waals surface area contributed by atoms with Crippen molar-refractivity contribution in [1.82, 2.24) is 25.2 Å². The van der Waals surface area contributed by atoms with E-state index >= 15 is 0 Å². The first-order chi connectivity index (χ1) is 16.9. The second-order valence-electron chi connectivity index (χ2n) is 9.93. The first-order valence-corrected chi connectivity index (χ1v) is 11.8. The normalized spacial score (nSPS) is 27.1. The van der Waals surface area contributed by atoms with Crippen LogP contribution in [-0.4, -0.2) is 55.2 Å². The molecule has 10 nitrogen and oxygen atoms in total. The largest absolute Gasteiger partial charge is 0.390 e. The van der Waals surface area contributed by atoms with Crippen molar-refractivity contribution in [3.63, 3.8) is 0 Å². The van der Waals surface area contributed by atoms with E-state index in [1.54, 1.807) is 10.6 Å². The molecular weight excluding hydrogens is 446 g/mol. The summed E-state index contributed by atoms with van der Waals surface area (Å²) in [6.45, 7) is 0.411. The van der Waals surface area contributed by atoms with E-state index < -0.39 is 11.6 Å². The Morgan fingerprint density at radius 3 is 2.60 bits per heavy atom. The maximum absolute atomic E-state index is 13.1. The van der Waals surface area contributed by atoms with Crippen LogP contribution in [0.1, 0.15) is 54.4 Å². The van der Waals surface area contributed by atoms with Gasteiger partial charge in [0.15, 0.2) is 0 Å². The Morgan fingerprint density at radius 2 is 1.94 bits per heavy atom. The van der Waals surface area contributed by atoms with Gasteiger partial charge in [-0.05, 0) is 62.8 Å². The summed E-state index contributed by atoms with van der Waals surface area (Å²) < 4.78 is 1.71. The molecule has 4 aliphatic rings. The first-order valence-electron chi connectivity index (χ1n) is 11.8. The van der Waals surface area contributed by atoms with Crippen molar-refractivity contribution in [3.05, 3.63) is 47.8 Å². The average Bonchev–Trinajstić information content (AvgIpc) is 3.30. The van der Waals surface area contributed by atoms with Gasteiger partial charge in [-0.1, -0.05) is 0 Å². The number of pyridine rings is 1. The van der Waals surface area contributed by atoms with Crippen LogP contribution in [-0.2, 0) is 4.79 Å². The van der Waals surface area contributed by atoms with Gasteiger partial charge < -0.3 is 21.1 Å². The van der Waals surface area contributed by atoms with Crippen molar-refractivity contribution >= 4 is 23.0 Å². The Morgan fingerprint density at radius 1 is 1.17 bits per heavy atom. The molecule has 35 heavy (non-hydrogen) atoms. The SMILES string of the molecule is N#Cc1cnn2c(-c3cc(NC45CCC(O)(CC4)CC5)c(C(=O)N[C@H]4CNC4=O)cn3)ccc2c1. The molecule has 3 aliphatic carbocycles. The number of β-lactam (4-membered cyclic amide) rings is 1. The number of nitrogens with zero attached hydrogens (tertiary/aromatic N) is 4. The third-order valence-electron chi connectivity index (χ3n) is 7.75. The van der Waals surface area contributed by atoms with Crippen molar-refractivity contribution in [2.75, 3.05) is 11.9 Å². The fourth-order valence-electron chi connectivity index (χ4n) is 5.41. The molecule has 0 radical (unpaired) electrons. The summed E-state index contributed by atoms with van der Waals surface area (Å²) in [7, 11) is 0. The van der Waals surface area contributed by atoms with Crippen molar-refractivity contribution < 1.29 is 14.7 Å². The molecule has 0 aromatic carbocycles. The third kappa shape index (κ3) is 3.68. The minimum absolute atomic E-state index is 0.197. The highest BCUT2D eigenvalue weighted by atomic mass is 16.3. The molecule has 3 aromatic rings. The molecule has 3 aromatic heterocycles. The van der Waals surface area contributed by atoms with Gasteiger partial charge in [0, 0.05) is 18.3 Å². The van der Waals surface area contributed by atoms with Crippen LogP contribution in [0, 0.1) is 11.3 Å². The average molecular weight is 472 g/mol. The summed E-state index contributed by atoms with van der Waals surface area (Å²) in [4.78, 5) is 29.4. The third-order valence-corrected chi connectivity index (χ3v) is 7.75. The smallest absolute Gasteiger partial charge is 0.255 e. The molecule has 178 valence electrons. The molecule has 7 rings (SSSR count). The van der Waals surface area contributed by atoms with Crippen molar-refractivity contribution in [1.29, 1.82) is 5.26 Å². The van der Waals surface area contributed by atoms with Crippen LogP contribution < -0.4 is 16.0 Å². The van der Waals surface area contributed by atoms with E-state index in [-0.39, 0.29) is 17.4 Å². The molecule has 10 heteroatoms. The Labute approximate surface area is 201 Å². The van der Waals surface area contributed by atoms with E-state index in [0.29, 0.717) is 29.1 Å². The fraction of sp³-hybridized carbons (Fsp3) is 0.400. The molecule has 4 heterocycles. The molecule has 3 saturated carbocycles. The quantitative estimate of drug-likeness (QED) is 0.415. The number of hydrogen-bond donors (Lipinski definition) is 4. The van der Waals surface area contributed by atoms with Crippen LogP contribution in [0.5, 0.6) is 0 Å². The van der Waals surface area contributed by atoms with Crippen LogP contribution >= 0.6 is 0 Å². The standard InChI is InChI=1S/C25H25N7O3/c26-11-15-9-16-1-2-21(32(16)29-12-15)19-10-18(31-24-3-6-25(35,7-4-24)8-5-24)17(13-27-19)22(33)30-20-14-28-23(20)34/h1-2,9-10,12-13,20,35H,3-8,14H2,(H,27,31)(H,28,34)(H,30,33)/t20-,24?,25?/m0/s1. The monoisotopic (exact) mass is 471 g/mol.